The molecule has 0 atom stereocenters. The Kier molecular flexibility index (Phi) is 19.2. The lowest BCUT2D eigenvalue weighted by Crippen LogP contribution is -2.15. The lowest BCUT2D eigenvalue weighted by molar-refractivity contribution is 0.660. The molecule has 0 amide bonds. The molecule has 0 saturated carbocycles. The third-order valence-electron chi connectivity index (χ3n) is 28.8. The molecule has 12 nitrogen and oxygen atoms in total. The van der Waals surface area contributed by atoms with Gasteiger partial charge < -0.3 is 4.57 Å². The topological polar surface area (TPSA) is 131 Å². The minimum Gasteiger partial charge on any atom is -0.309 e. The van der Waals surface area contributed by atoms with Crippen LogP contribution in [0.4, 0.5) is 0 Å². The van der Waals surface area contributed by atoms with Crippen molar-refractivity contribution in [3.63, 3.8) is 0 Å². The maximum atomic E-state index is 5.31. The molecule has 658 valence electrons. The molecule has 0 N–H and O–H groups in total. The average molecular weight is 1800 g/mol. The third-order valence-corrected chi connectivity index (χ3v) is 30.0. The Morgan fingerprint density at radius 3 is 0.942 bits per heavy atom. The molecule has 7 aromatic heterocycles. The Hall–Kier alpha value is -17.4. The second-order valence-electron chi connectivity index (χ2n) is 37.9. The van der Waals surface area contributed by atoms with Crippen molar-refractivity contribution in [2.24, 2.45) is 0 Å². The van der Waals surface area contributed by atoms with Crippen LogP contribution in [0.3, 0.4) is 0 Å². The smallest absolute Gasteiger partial charge is 0.238 e. The summed E-state index contributed by atoms with van der Waals surface area (Å²) in [6.45, 7) is 14.0. The summed E-state index contributed by atoms with van der Waals surface area (Å²) in [5.41, 5.74) is 32.5. The molecule has 3 aliphatic rings. The van der Waals surface area contributed by atoms with Gasteiger partial charge in [0.05, 0.1) is 33.1 Å². The van der Waals surface area contributed by atoms with Gasteiger partial charge in [-0.1, -0.05) is 387 Å². The fourth-order valence-electron chi connectivity index (χ4n) is 21.9. The van der Waals surface area contributed by atoms with Crippen LogP contribution in [0.5, 0.6) is 0 Å². The van der Waals surface area contributed by atoms with E-state index in [1.807, 2.05) is 115 Å². The van der Waals surface area contributed by atoms with Gasteiger partial charge >= 0.3 is 0 Å². The first-order valence-corrected chi connectivity index (χ1v) is 48.2. The van der Waals surface area contributed by atoms with Gasteiger partial charge in [0.2, 0.25) is 11.9 Å². The number of hydrogen-bond acceptors (Lipinski definition) is 10. The highest BCUT2D eigenvalue weighted by molar-refractivity contribution is 7.26. The number of hydrogen-bond donors (Lipinski definition) is 0. The molecule has 13 heteroatoms. The van der Waals surface area contributed by atoms with Crippen LogP contribution in [0.15, 0.2) is 425 Å². The zero-order valence-corrected chi connectivity index (χ0v) is 78.0. The Bertz CT molecular complexity index is 9170. The zero-order valence-electron chi connectivity index (χ0n) is 77.2. The van der Waals surface area contributed by atoms with Gasteiger partial charge in [-0.2, -0.15) is 19.9 Å². The van der Waals surface area contributed by atoms with Gasteiger partial charge in [0.25, 0.3) is 0 Å². The van der Waals surface area contributed by atoms with Crippen molar-refractivity contribution < 1.29 is 0 Å². The Labute approximate surface area is 807 Å². The Morgan fingerprint density at radius 1 is 0.180 bits per heavy atom. The van der Waals surface area contributed by atoms with Crippen LogP contribution in [0.1, 0.15) is 74.9 Å². The first kappa shape index (κ1) is 82.3. The fourth-order valence-corrected chi connectivity index (χ4v) is 23.1. The summed E-state index contributed by atoms with van der Waals surface area (Å²) in [5.74, 6) is 5.80. The number of fused-ring (bicyclic) bond motifs is 21. The number of thiophene rings is 1. The lowest BCUT2D eigenvalue weighted by atomic mass is 9.82. The molecule has 0 aliphatic heterocycles. The van der Waals surface area contributed by atoms with Crippen LogP contribution in [-0.2, 0) is 16.2 Å². The van der Waals surface area contributed by atoms with E-state index in [9.17, 15) is 0 Å². The maximum Gasteiger partial charge on any atom is 0.238 e. The first-order valence-electron chi connectivity index (χ1n) is 47.4. The van der Waals surface area contributed by atoms with Crippen molar-refractivity contribution in [1.29, 1.82) is 0 Å². The van der Waals surface area contributed by atoms with Gasteiger partial charge in [0, 0.05) is 113 Å². The van der Waals surface area contributed by atoms with Crippen molar-refractivity contribution in [1.82, 2.24) is 58.6 Å². The monoisotopic (exact) mass is 1800 g/mol. The van der Waals surface area contributed by atoms with Crippen molar-refractivity contribution in [3.8, 4) is 142 Å². The van der Waals surface area contributed by atoms with Crippen LogP contribution in [0, 0.1) is 0 Å². The van der Waals surface area contributed by atoms with Crippen molar-refractivity contribution >= 4 is 96.9 Å². The van der Waals surface area contributed by atoms with E-state index in [1.54, 1.807) is 11.3 Å². The van der Waals surface area contributed by atoms with E-state index in [1.165, 1.54) is 136 Å². The summed E-state index contributed by atoms with van der Waals surface area (Å²) in [7, 11) is 0. The van der Waals surface area contributed by atoms with Crippen LogP contribution in [0.2, 0.25) is 0 Å². The van der Waals surface area contributed by atoms with Crippen molar-refractivity contribution in [2.45, 2.75) is 57.8 Å². The van der Waals surface area contributed by atoms with E-state index in [-0.39, 0.29) is 16.2 Å². The second-order valence-corrected chi connectivity index (χ2v) is 39.0. The van der Waals surface area contributed by atoms with Gasteiger partial charge in [0.15, 0.2) is 40.8 Å². The number of rotatable bonds is 11. The fraction of sp³-hybridized carbons (Fsp3) is 0.0714. The average Bonchev–Trinajstić information content (AvgIpc) is 1.55. The normalized spacial score (nSPS) is 13.3. The molecule has 0 saturated heterocycles. The summed E-state index contributed by atoms with van der Waals surface area (Å²) in [4.78, 5) is 45.9. The van der Waals surface area contributed by atoms with Gasteiger partial charge in [-0.05, 0) is 157 Å². The van der Waals surface area contributed by atoms with Crippen LogP contribution in [-0.4, -0.2) is 58.6 Å². The van der Waals surface area contributed by atoms with Crippen molar-refractivity contribution in [3.05, 3.63) is 458 Å². The van der Waals surface area contributed by atoms with E-state index in [0.717, 1.165) is 72.3 Å². The minimum absolute atomic E-state index is 0.0875. The van der Waals surface area contributed by atoms with E-state index in [4.69, 9.17) is 44.9 Å². The van der Waals surface area contributed by atoms with Crippen LogP contribution in [0.25, 0.3) is 227 Å². The molecule has 28 rings (SSSR count). The SMILES string of the molecule is CC1(C)c2ccccc2-c2cc3c4ccc(-c5ccccc5)cc4n(-c4nc(-c5ccccc5)nc(-c5ccccc5)n4)c3cc21.CC1(C)c2ccccc2-c2cc3c4ccccc4n(-c4cccc(-c5nc(-c6ccccc6)nc(-c6ccccc6)n5)c4)c3cc21.CC1(C)c2ccccc2-c2cc3c4ccccc4n(-c4nc(-c5ccccc5)nc(-c5cccc6c5sc5ccccc56)n4)c3cc21. The van der Waals surface area contributed by atoms with E-state index in [0.29, 0.717) is 52.7 Å². The quantitative estimate of drug-likeness (QED) is 0.124. The molecule has 3 aliphatic carbocycles. The van der Waals surface area contributed by atoms with Gasteiger partial charge in [-0.25, -0.2) is 24.9 Å². The number of nitrogens with zero attached hydrogens (tertiary/aromatic N) is 12. The summed E-state index contributed by atoms with van der Waals surface area (Å²) in [6, 6.07) is 150. The highest BCUT2D eigenvalue weighted by Crippen LogP contribution is 2.56. The van der Waals surface area contributed by atoms with Gasteiger partial charge in [0.1, 0.15) is 0 Å². The minimum atomic E-state index is -0.139. The highest BCUT2D eigenvalue weighted by atomic mass is 32.1. The molecule has 139 heavy (non-hydrogen) atoms. The molecule has 0 unspecified atom stereocenters. The summed E-state index contributed by atoms with van der Waals surface area (Å²) in [5, 5.41) is 9.71. The van der Waals surface area contributed by atoms with Gasteiger partial charge in [-0.15, -0.1) is 11.3 Å². The number of para-hydroxylation sites is 2. The Balaban J connectivity index is 0.000000108. The summed E-state index contributed by atoms with van der Waals surface area (Å²) in [6.07, 6.45) is 0. The second kappa shape index (κ2) is 32.4. The van der Waals surface area contributed by atoms with Crippen LogP contribution < -0.4 is 0 Å². The summed E-state index contributed by atoms with van der Waals surface area (Å²) >= 11 is 1.79. The van der Waals surface area contributed by atoms with E-state index < -0.39 is 0 Å². The molecular weight excluding hydrogens is 1710 g/mol. The highest BCUT2D eigenvalue weighted by Gasteiger charge is 2.40. The summed E-state index contributed by atoms with van der Waals surface area (Å²) < 4.78 is 9.33. The van der Waals surface area contributed by atoms with Gasteiger partial charge in [-0.3, -0.25) is 9.13 Å². The Morgan fingerprint density at radius 2 is 0.489 bits per heavy atom. The molecule has 0 bridgehead atoms. The molecule has 0 spiro atoms. The molecule has 18 aromatic carbocycles. The van der Waals surface area contributed by atoms with Crippen molar-refractivity contribution in [2.75, 3.05) is 0 Å². The molecular formula is C126H88N12S. The zero-order chi connectivity index (χ0) is 92.9. The predicted octanol–water partition coefficient (Wildman–Crippen LogP) is 31.5. The van der Waals surface area contributed by atoms with E-state index >= 15 is 0 Å². The lowest BCUT2D eigenvalue weighted by Gasteiger charge is -2.21. The molecule has 0 radical (unpaired) electrons. The predicted molar refractivity (Wildman–Crippen MR) is 572 cm³/mol. The standard InChI is InChI=1S/C42H28N4S.2C42H30N4/c1-42(2)33-20-9-6-15-26(33)31-23-32-27-16-7-10-21-35(27)46(36(32)24-34(31)42)41-44-39(25-13-4-3-5-14-25)43-40(45-41)30-19-12-18-29-28-17-8-11-22-37(28)47-38(29)30;1-42(2)35-21-13-12-20-31(35)33-25-34-32-23-22-30(27-14-6-3-7-15-27)24-37(32)46(38(34)26-36(33)42)41-44-39(28-16-8-4-9-17-28)43-40(45-41)29-18-10-5-11-19-29;1-42(2)35-22-11-9-20-31(35)33-25-34-32-21-10-12-23-37(32)46(38(34)26-36(33)42)30-19-13-18-29(24-30)41-44-39(27-14-5-3-6-15-27)43-40(45-41)28-16-7-4-8-17-28/h3-24H,1-2H3;2*3-26H,1-2H3. The largest absolute Gasteiger partial charge is 0.309 e. The molecule has 25 aromatic rings. The number of benzene rings is 18. The maximum absolute atomic E-state index is 5.31. The third kappa shape index (κ3) is 13.6. The molecule has 0 fully saturated rings. The van der Waals surface area contributed by atoms with E-state index in [2.05, 4.69) is 365 Å². The first-order chi connectivity index (χ1) is 68.2. The van der Waals surface area contributed by atoms with Crippen LogP contribution >= 0.6 is 11.3 Å². The molecule has 7 heterocycles. The number of aromatic nitrogens is 12.